The molecule has 1 saturated heterocycles. The van der Waals surface area contributed by atoms with Crippen molar-refractivity contribution < 1.29 is 23.5 Å². The van der Waals surface area contributed by atoms with E-state index < -0.39 is 11.6 Å². The SMILES string of the molecule is COC(=O)c1ncoc1C1CCN(C(=O)OC(C)(C)C)CC1. The van der Waals surface area contributed by atoms with Gasteiger partial charge in [-0.15, -0.1) is 0 Å². The second-order valence-electron chi connectivity index (χ2n) is 6.30. The normalized spacial score (nSPS) is 16.5. The molecule has 1 aliphatic heterocycles. The summed E-state index contributed by atoms with van der Waals surface area (Å²) in [6.45, 7) is 6.64. The Balaban J connectivity index is 1.97. The van der Waals surface area contributed by atoms with Crippen LogP contribution in [0.4, 0.5) is 4.79 Å². The molecule has 22 heavy (non-hydrogen) atoms. The first kappa shape index (κ1) is 16.3. The number of ether oxygens (including phenoxy) is 2. The molecular formula is C15H22N2O5. The monoisotopic (exact) mass is 310 g/mol. The molecule has 2 heterocycles. The van der Waals surface area contributed by atoms with Gasteiger partial charge < -0.3 is 18.8 Å². The molecule has 1 aliphatic rings. The molecular weight excluding hydrogens is 288 g/mol. The molecule has 7 nitrogen and oxygen atoms in total. The van der Waals surface area contributed by atoms with E-state index in [1.807, 2.05) is 20.8 Å². The highest BCUT2D eigenvalue weighted by atomic mass is 16.6. The number of rotatable bonds is 2. The minimum absolute atomic E-state index is 0.0512. The molecule has 2 rings (SSSR count). The molecule has 7 heteroatoms. The zero-order valence-electron chi connectivity index (χ0n) is 13.4. The van der Waals surface area contributed by atoms with Crippen molar-refractivity contribution in [3.8, 4) is 0 Å². The van der Waals surface area contributed by atoms with Gasteiger partial charge in [-0.25, -0.2) is 14.6 Å². The molecule has 1 fully saturated rings. The molecule has 0 saturated carbocycles. The lowest BCUT2D eigenvalue weighted by molar-refractivity contribution is 0.0199. The topological polar surface area (TPSA) is 81.9 Å². The highest BCUT2D eigenvalue weighted by molar-refractivity contribution is 5.88. The van der Waals surface area contributed by atoms with E-state index in [4.69, 9.17) is 13.9 Å². The van der Waals surface area contributed by atoms with Crippen molar-refractivity contribution in [3.05, 3.63) is 17.8 Å². The van der Waals surface area contributed by atoms with Crippen molar-refractivity contribution in [1.82, 2.24) is 9.88 Å². The van der Waals surface area contributed by atoms with Gasteiger partial charge in [0.15, 0.2) is 12.1 Å². The predicted molar refractivity (Wildman–Crippen MR) is 77.6 cm³/mol. The van der Waals surface area contributed by atoms with Gasteiger partial charge in [0.05, 0.1) is 7.11 Å². The number of hydrogen-bond acceptors (Lipinski definition) is 6. The molecule has 0 aliphatic carbocycles. The molecule has 0 unspecified atom stereocenters. The van der Waals surface area contributed by atoms with E-state index in [0.29, 0.717) is 31.7 Å². The Morgan fingerprint density at radius 3 is 2.50 bits per heavy atom. The fourth-order valence-electron chi connectivity index (χ4n) is 2.45. The van der Waals surface area contributed by atoms with Crippen LogP contribution < -0.4 is 0 Å². The molecule has 1 aromatic heterocycles. The summed E-state index contributed by atoms with van der Waals surface area (Å²) in [6.07, 6.45) is 2.33. The standard InChI is InChI=1S/C15H22N2O5/c1-15(2,3)22-14(19)17-7-5-10(6-8-17)12-11(13(18)20-4)16-9-21-12/h9-10H,5-8H2,1-4H3. The number of piperidine rings is 1. The number of hydrogen-bond donors (Lipinski definition) is 0. The molecule has 0 bridgehead atoms. The summed E-state index contributed by atoms with van der Waals surface area (Å²) in [5, 5.41) is 0. The summed E-state index contributed by atoms with van der Waals surface area (Å²) >= 11 is 0. The van der Waals surface area contributed by atoms with Crippen LogP contribution >= 0.6 is 0 Å². The van der Waals surface area contributed by atoms with Crippen LogP contribution in [0.3, 0.4) is 0 Å². The second-order valence-corrected chi connectivity index (χ2v) is 6.30. The highest BCUT2D eigenvalue weighted by Crippen LogP contribution is 2.31. The lowest BCUT2D eigenvalue weighted by atomic mass is 9.93. The van der Waals surface area contributed by atoms with Crippen LogP contribution in [0, 0.1) is 0 Å². The zero-order chi connectivity index (χ0) is 16.3. The van der Waals surface area contributed by atoms with E-state index in [1.54, 1.807) is 4.90 Å². The Hall–Kier alpha value is -2.05. The third-order valence-corrected chi connectivity index (χ3v) is 3.49. The van der Waals surface area contributed by atoms with Crippen LogP contribution in [0.25, 0.3) is 0 Å². The van der Waals surface area contributed by atoms with Crippen LogP contribution in [0.5, 0.6) is 0 Å². The van der Waals surface area contributed by atoms with Crippen molar-refractivity contribution in [2.45, 2.75) is 45.1 Å². The average molecular weight is 310 g/mol. The van der Waals surface area contributed by atoms with E-state index in [2.05, 4.69) is 4.98 Å². The summed E-state index contributed by atoms with van der Waals surface area (Å²) < 4.78 is 15.4. The highest BCUT2D eigenvalue weighted by Gasteiger charge is 2.31. The number of amides is 1. The predicted octanol–water partition coefficient (Wildman–Crippen LogP) is 2.58. The summed E-state index contributed by atoms with van der Waals surface area (Å²) in [6, 6.07) is 0. The van der Waals surface area contributed by atoms with Crippen LogP contribution in [0.15, 0.2) is 10.8 Å². The molecule has 0 aromatic carbocycles. The molecule has 1 amide bonds. The van der Waals surface area contributed by atoms with Crippen LogP contribution in [0.2, 0.25) is 0 Å². The van der Waals surface area contributed by atoms with E-state index in [1.165, 1.54) is 13.5 Å². The number of nitrogens with zero attached hydrogens (tertiary/aromatic N) is 2. The number of esters is 1. The first-order valence-electron chi connectivity index (χ1n) is 7.31. The third-order valence-electron chi connectivity index (χ3n) is 3.49. The Labute approximate surface area is 129 Å². The van der Waals surface area contributed by atoms with Crippen LogP contribution in [-0.2, 0) is 9.47 Å². The molecule has 0 spiro atoms. The fraction of sp³-hybridized carbons (Fsp3) is 0.667. The van der Waals surface area contributed by atoms with Gasteiger partial charge in [0, 0.05) is 19.0 Å². The van der Waals surface area contributed by atoms with E-state index in [9.17, 15) is 9.59 Å². The van der Waals surface area contributed by atoms with Gasteiger partial charge >= 0.3 is 12.1 Å². The third kappa shape index (κ3) is 3.78. The van der Waals surface area contributed by atoms with Gasteiger partial charge in [0.25, 0.3) is 0 Å². The lowest BCUT2D eigenvalue weighted by Crippen LogP contribution is -2.41. The van der Waals surface area contributed by atoms with E-state index in [-0.39, 0.29) is 17.7 Å². The number of aromatic nitrogens is 1. The number of oxazole rings is 1. The van der Waals surface area contributed by atoms with Crippen molar-refractivity contribution >= 4 is 12.1 Å². The molecule has 0 N–H and O–H groups in total. The number of likely N-dealkylation sites (tertiary alicyclic amines) is 1. The van der Waals surface area contributed by atoms with Crippen molar-refractivity contribution in [2.75, 3.05) is 20.2 Å². The van der Waals surface area contributed by atoms with Gasteiger partial charge in [-0.05, 0) is 33.6 Å². The minimum atomic E-state index is -0.503. The van der Waals surface area contributed by atoms with Crippen molar-refractivity contribution in [2.24, 2.45) is 0 Å². The van der Waals surface area contributed by atoms with Gasteiger partial charge in [-0.1, -0.05) is 0 Å². The Morgan fingerprint density at radius 2 is 1.95 bits per heavy atom. The quantitative estimate of drug-likeness (QED) is 0.781. The van der Waals surface area contributed by atoms with E-state index >= 15 is 0 Å². The fourth-order valence-corrected chi connectivity index (χ4v) is 2.45. The van der Waals surface area contributed by atoms with Gasteiger partial charge in [0.1, 0.15) is 11.4 Å². The number of methoxy groups -OCH3 is 1. The molecule has 122 valence electrons. The van der Waals surface area contributed by atoms with Crippen molar-refractivity contribution in [1.29, 1.82) is 0 Å². The van der Waals surface area contributed by atoms with Gasteiger partial charge in [-0.2, -0.15) is 0 Å². The Kier molecular flexibility index (Phi) is 4.73. The largest absolute Gasteiger partial charge is 0.464 e. The number of carbonyl (C=O) groups is 2. The maximum Gasteiger partial charge on any atom is 0.410 e. The summed E-state index contributed by atoms with van der Waals surface area (Å²) in [5.41, 5.74) is -0.282. The molecule has 1 aromatic rings. The Bertz CT molecular complexity index is 538. The minimum Gasteiger partial charge on any atom is -0.464 e. The second kappa shape index (κ2) is 6.37. The van der Waals surface area contributed by atoms with Crippen LogP contribution in [-0.4, -0.2) is 47.7 Å². The van der Waals surface area contributed by atoms with Gasteiger partial charge in [-0.3, -0.25) is 0 Å². The lowest BCUT2D eigenvalue weighted by Gasteiger charge is -2.32. The number of carbonyl (C=O) groups excluding carboxylic acids is 2. The smallest absolute Gasteiger partial charge is 0.410 e. The van der Waals surface area contributed by atoms with Gasteiger partial charge in [0.2, 0.25) is 0 Å². The maximum atomic E-state index is 12.0. The maximum absolute atomic E-state index is 12.0. The van der Waals surface area contributed by atoms with Crippen molar-refractivity contribution in [3.63, 3.8) is 0 Å². The summed E-state index contributed by atoms with van der Waals surface area (Å²) in [4.78, 5) is 29.3. The molecule has 0 radical (unpaired) electrons. The van der Waals surface area contributed by atoms with Crippen LogP contribution in [0.1, 0.15) is 55.8 Å². The molecule has 0 atom stereocenters. The Morgan fingerprint density at radius 1 is 1.32 bits per heavy atom. The first-order chi connectivity index (χ1) is 10.3. The summed E-state index contributed by atoms with van der Waals surface area (Å²) in [7, 11) is 1.31. The first-order valence-corrected chi connectivity index (χ1v) is 7.31. The average Bonchev–Trinajstić information content (AvgIpc) is 2.94. The zero-order valence-corrected chi connectivity index (χ0v) is 13.4. The summed E-state index contributed by atoms with van der Waals surface area (Å²) in [5.74, 6) is 0.0873. The van der Waals surface area contributed by atoms with E-state index in [0.717, 1.165) is 0 Å².